The number of amides is 5. The first-order valence-corrected chi connectivity index (χ1v) is 25.2. The van der Waals surface area contributed by atoms with Gasteiger partial charge in [-0.1, -0.05) is 24.3 Å². The van der Waals surface area contributed by atoms with Crippen LogP contribution in [0.5, 0.6) is 0 Å². The molecular formula is C48H75BN12O14. The molecule has 27 heteroatoms. The molecule has 26 nitrogen and oxygen atoms in total. The summed E-state index contributed by atoms with van der Waals surface area (Å²) < 4.78 is 0. The monoisotopic (exact) mass is 1050 g/mol. The number of nitrogens with one attached hydrogen (secondary N) is 4. The summed E-state index contributed by atoms with van der Waals surface area (Å²) in [5.74, 6) is -6.40. The lowest BCUT2D eigenvalue weighted by Gasteiger charge is -2.33. The van der Waals surface area contributed by atoms with Crippen molar-refractivity contribution in [1.82, 2.24) is 50.7 Å². The SMILES string of the molecule is C[C@@H](NC(=O)c1ccc(C(=O)NCCCCCNC(=O)[C@H](CCCN=C(N)N(C)C)NC(=O)CN2CCN(CC(=O)O)CCN(CC(=O)O)CCN(CC(=O)O)CC2)c2ccccc12)C(=O)N1C[C@@H](O)C[C@H]1B(O)O. The van der Waals surface area contributed by atoms with Crippen LogP contribution in [-0.4, -0.2) is 263 Å². The Balaban J connectivity index is 1.32. The number of nitrogens with two attached hydrogens (primary N) is 1. The molecule has 2 aromatic rings. The zero-order valence-electron chi connectivity index (χ0n) is 43.1. The number of carboxylic acids is 3. The maximum Gasteiger partial charge on any atom is 0.475 e. The van der Waals surface area contributed by atoms with E-state index in [9.17, 15) is 68.8 Å². The quantitative estimate of drug-likeness (QED) is 0.0199. The number of carbonyl (C=O) groups is 8. The van der Waals surface area contributed by atoms with Crippen molar-refractivity contribution in [2.45, 2.75) is 69.6 Å². The van der Waals surface area contributed by atoms with Crippen molar-refractivity contribution in [3.63, 3.8) is 0 Å². The fourth-order valence-corrected chi connectivity index (χ4v) is 8.84. The van der Waals surface area contributed by atoms with E-state index in [2.05, 4.69) is 26.3 Å². The van der Waals surface area contributed by atoms with Crippen molar-refractivity contribution < 1.29 is 68.8 Å². The molecule has 4 atom stereocenters. The standard InChI is InChI=1S/C48H75BN12O14/c1-32(47(73)61-27-33(62)26-39(61)49(74)75)54-45(71)37-14-13-36(34-10-5-6-11-35(34)37)44(70)51-15-7-4-8-16-52-46(72)38(12-9-17-53-48(50)56(2)3)55-40(63)28-57-18-20-58(29-41(64)65)22-24-60(31-43(68)69)25-23-59(21-19-57)30-42(66)67/h5-6,10-11,13-14,32-33,38-39,62,74-75H,4,7-9,12,15-31H2,1-3H3,(H2,50,53)(H,51,70)(H,52,72)(H,54,71)(H,55,63)(H,64,65)(H,66,67)(H,68,69)/t32-,33+,38+,39+/m1/s1. The van der Waals surface area contributed by atoms with Gasteiger partial charge in [-0.2, -0.15) is 0 Å². The Morgan fingerprint density at radius 1 is 0.693 bits per heavy atom. The molecule has 0 unspecified atom stereocenters. The number of aliphatic hydroxyl groups is 1. The third-order valence-corrected chi connectivity index (χ3v) is 12.9. The van der Waals surface area contributed by atoms with Gasteiger partial charge in [0.15, 0.2) is 5.96 Å². The number of nitrogens with zero attached hydrogens (tertiary/aromatic N) is 7. The lowest BCUT2D eigenvalue weighted by molar-refractivity contribution is -0.140. The predicted molar refractivity (Wildman–Crippen MR) is 276 cm³/mol. The normalized spacial score (nSPS) is 18.5. The van der Waals surface area contributed by atoms with Crippen molar-refractivity contribution in [2.75, 3.05) is 119 Å². The number of carbonyl (C=O) groups excluding carboxylic acids is 5. The first-order valence-electron chi connectivity index (χ1n) is 25.2. The molecule has 414 valence electrons. The van der Waals surface area contributed by atoms with Crippen LogP contribution in [0.3, 0.4) is 0 Å². The van der Waals surface area contributed by atoms with Crippen molar-refractivity contribution in [1.29, 1.82) is 0 Å². The Morgan fingerprint density at radius 2 is 1.17 bits per heavy atom. The van der Waals surface area contributed by atoms with Gasteiger partial charge in [0.1, 0.15) is 12.1 Å². The molecular weight excluding hydrogens is 979 g/mol. The zero-order chi connectivity index (χ0) is 55.2. The maximum absolute atomic E-state index is 13.7. The Hall–Kier alpha value is -6.49. The summed E-state index contributed by atoms with van der Waals surface area (Å²) in [6.07, 6.45) is 1.39. The Labute approximate surface area is 436 Å². The summed E-state index contributed by atoms with van der Waals surface area (Å²) in [6, 6.07) is 7.82. The van der Waals surface area contributed by atoms with Gasteiger partial charge in [0, 0.05) is 104 Å². The summed E-state index contributed by atoms with van der Waals surface area (Å²) in [7, 11) is 1.62. The van der Waals surface area contributed by atoms with Gasteiger partial charge in [0.05, 0.1) is 38.2 Å². The Kier molecular flexibility index (Phi) is 25.1. The molecule has 0 aliphatic carbocycles. The number of aliphatic carboxylic acids is 3. The number of rotatable bonds is 25. The number of carboxylic acid groups (broad SMARTS) is 3. The highest BCUT2D eigenvalue weighted by Crippen LogP contribution is 2.24. The highest BCUT2D eigenvalue weighted by molar-refractivity contribution is 6.43. The summed E-state index contributed by atoms with van der Waals surface area (Å²) in [5, 5.41) is 70.4. The molecule has 2 heterocycles. The summed E-state index contributed by atoms with van der Waals surface area (Å²) in [6.45, 7) is 2.83. The lowest BCUT2D eigenvalue weighted by atomic mass is 9.77. The van der Waals surface area contributed by atoms with Crippen LogP contribution < -0.4 is 27.0 Å². The van der Waals surface area contributed by atoms with E-state index in [1.807, 2.05) is 0 Å². The second kappa shape index (κ2) is 30.8. The zero-order valence-corrected chi connectivity index (χ0v) is 43.1. The first kappa shape index (κ1) is 61.1. The molecule has 0 saturated carbocycles. The minimum atomic E-state index is -1.86. The first-order chi connectivity index (χ1) is 35.6. The minimum absolute atomic E-state index is 0.0140. The second-order valence-electron chi connectivity index (χ2n) is 19.1. The molecule has 2 aliphatic rings. The molecule has 2 aromatic carbocycles. The van der Waals surface area contributed by atoms with E-state index in [-0.39, 0.29) is 122 Å². The molecule has 12 N–H and O–H groups in total. The van der Waals surface area contributed by atoms with Crippen LogP contribution in [0.15, 0.2) is 41.4 Å². The van der Waals surface area contributed by atoms with Crippen LogP contribution in [0.2, 0.25) is 0 Å². The average Bonchev–Trinajstić information content (AvgIpc) is 3.75. The van der Waals surface area contributed by atoms with Crippen LogP contribution >= 0.6 is 0 Å². The Morgan fingerprint density at radius 3 is 1.65 bits per heavy atom. The number of hydrogen-bond donors (Lipinski definition) is 11. The number of aliphatic hydroxyl groups excluding tert-OH is 1. The van der Waals surface area contributed by atoms with Crippen molar-refractivity contribution in [3.05, 3.63) is 47.5 Å². The number of hydrogen-bond acceptors (Lipinski definition) is 16. The van der Waals surface area contributed by atoms with Crippen LogP contribution in [0.25, 0.3) is 10.8 Å². The highest BCUT2D eigenvalue weighted by Gasteiger charge is 2.42. The van der Waals surface area contributed by atoms with Gasteiger partial charge in [-0.3, -0.25) is 62.9 Å². The molecule has 2 saturated heterocycles. The fraction of sp³-hybridized carbons (Fsp3) is 0.604. The molecule has 2 fully saturated rings. The molecule has 5 amide bonds. The second-order valence-corrected chi connectivity index (χ2v) is 19.1. The van der Waals surface area contributed by atoms with Gasteiger partial charge >= 0.3 is 25.0 Å². The van der Waals surface area contributed by atoms with Gasteiger partial charge in [0.25, 0.3) is 11.8 Å². The topological polar surface area (TPSA) is 364 Å². The van der Waals surface area contributed by atoms with Gasteiger partial charge in [-0.25, -0.2) is 0 Å². The third kappa shape index (κ3) is 20.6. The minimum Gasteiger partial charge on any atom is -0.480 e. The number of likely N-dealkylation sites (tertiary alicyclic amines) is 1. The van der Waals surface area contributed by atoms with Crippen molar-refractivity contribution in [2.24, 2.45) is 10.7 Å². The average molecular weight is 1060 g/mol. The number of fused-ring (bicyclic) bond motifs is 1. The van der Waals surface area contributed by atoms with Gasteiger partial charge < -0.3 is 67.3 Å². The summed E-state index contributed by atoms with van der Waals surface area (Å²) in [4.78, 5) is 116. The van der Waals surface area contributed by atoms with Gasteiger partial charge in [-0.05, 0) is 68.4 Å². The van der Waals surface area contributed by atoms with Gasteiger partial charge in [-0.15, -0.1) is 0 Å². The van der Waals surface area contributed by atoms with E-state index in [0.717, 1.165) is 4.90 Å². The van der Waals surface area contributed by atoms with Gasteiger partial charge in [0.2, 0.25) is 17.7 Å². The largest absolute Gasteiger partial charge is 0.480 e. The molecule has 0 radical (unpaired) electrons. The highest BCUT2D eigenvalue weighted by atomic mass is 16.4. The molecule has 0 aromatic heterocycles. The van der Waals surface area contributed by atoms with E-state index >= 15 is 0 Å². The maximum atomic E-state index is 13.7. The van der Waals surface area contributed by atoms with Crippen molar-refractivity contribution >= 4 is 71.3 Å². The predicted octanol–water partition coefficient (Wildman–Crippen LogP) is -3.44. The molecule has 0 spiro atoms. The van der Waals surface area contributed by atoms with Crippen LogP contribution in [-0.2, 0) is 28.8 Å². The van der Waals surface area contributed by atoms with E-state index < -0.39 is 72.8 Å². The number of guanidine groups is 1. The molecule has 75 heavy (non-hydrogen) atoms. The number of β-amino-alcohol motifs (C(OH)–C–C–N with tert-alkyl or cyclic N) is 1. The third-order valence-electron chi connectivity index (χ3n) is 12.9. The fourth-order valence-electron chi connectivity index (χ4n) is 8.84. The van der Waals surface area contributed by atoms with E-state index in [0.29, 0.717) is 54.5 Å². The summed E-state index contributed by atoms with van der Waals surface area (Å²) in [5.41, 5.74) is 6.48. The Bertz CT molecular complexity index is 2280. The van der Waals surface area contributed by atoms with Crippen LogP contribution in [0.1, 0.15) is 66.2 Å². The molecule has 0 bridgehead atoms. The molecule has 4 rings (SSSR count). The van der Waals surface area contributed by atoms with E-state index in [4.69, 9.17) is 5.73 Å². The molecule has 2 aliphatic heterocycles. The van der Waals surface area contributed by atoms with Crippen LogP contribution in [0.4, 0.5) is 0 Å². The van der Waals surface area contributed by atoms with Crippen molar-refractivity contribution in [3.8, 4) is 0 Å². The number of benzene rings is 2. The number of unbranched alkanes of at least 4 members (excludes halogenated alkanes) is 2. The van der Waals surface area contributed by atoms with Crippen LogP contribution in [0, 0.1) is 0 Å². The van der Waals surface area contributed by atoms with E-state index in [1.54, 1.807) is 62.9 Å². The summed E-state index contributed by atoms with van der Waals surface area (Å²) >= 11 is 0. The lowest BCUT2D eigenvalue weighted by Crippen LogP contribution is -2.52. The van der Waals surface area contributed by atoms with E-state index in [1.165, 1.54) is 19.1 Å². The smallest absolute Gasteiger partial charge is 0.475 e. The number of aliphatic imine (C=N–C) groups is 1.